The van der Waals surface area contributed by atoms with Gasteiger partial charge in [0.15, 0.2) is 0 Å². The summed E-state index contributed by atoms with van der Waals surface area (Å²) in [6.45, 7) is 3.24. The standard InChI is InChI=1S/C11H17ClN4/c1-7-3-2-4-8(7)6-14-10-5-9(12)15-11(13)16-10/h5,7-8H,2-4,6H2,1H3,(H3,13,14,15,16). The topological polar surface area (TPSA) is 63.8 Å². The van der Waals surface area contributed by atoms with Crippen LogP contribution >= 0.6 is 11.6 Å². The molecule has 4 nitrogen and oxygen atoms in total. The maximum absolute atomic E-state index is 5.80. The van der Waals surface area contributed by atoms with Crippen LogP contribution in [-0.4, -0.2) is 16.5 Å². The number of hydrogen-bond donors (Lipinski definition) is 2. The summed E-state index contributed by atoms with van der Waals surface area (Å²) in [5, 5.41) is 3.67. The van der Waals surface area contributed by atoms with Gasteiger partial charge in [0.2, 0.25) is 5.95 Å². The molecule has 1 saturated carbocycles. The minimum Gasteiger partial charge on any atom is -0.370 e. The Morgan fingerprint density at radius 1 is 1.50 bits per heavy atom. The van der Waals surface area contributed by atoms with Gasteiger partial charge in [0, 0.05) is 12.6 Å². The first-order valence-electron chi connectivity index (χ1n) is 5.69. The van der Waals surface area contributed by atoms with Crippen molar-refractivity contribution in [1.82, 2.24) is 9.97 Å². The molecule has 0 spiro atoms. The minimum absolute atomic E-state index is 0.217. The maximum Gasteiger partial charge on any atom is 0.223 e. The van der Waals surface area contributed by atoms with Crippen molar-refractivity contribution in [1.29, 1.82) is 0 Å². The van der Waals surface area contributed by atoms with Gasteiger partial charge in [-0.15, -0.1) is 0 Å². The van der Waals surface area contributed by atoms with Crippen molar-refractivity contribution in [3.05, 3.63) is 11.2 Å². The van der Waals surface area contributed by atoms with Gasteiger partial charge in [-0.2, -0.15) is 4.98 Å². The molecule has 1 heterocycles. The highest BCUT2D eigenvalue weighted by Gasteiger charge is 2.22. The van der Waals surface area contributed by atoms with E-state index in [0.717, 1.165) is 24.2 Å². The molecule has 5 heteroatoms. The predicted molar refractivity (Wildman–Crippen MR) is 66.4 cm³/mol. The summed E-state index contributed by atoms with van der Waals surface area (Å²) < 4.78 is 0. The third-order valence-corrected chi connectivity index (χ3v) is 3.49. The van der Waals surface area contributed by atoms with Crippen LogP contribution in [0.4, 0.5) is 11.8 Å². The quantitative estimate of drug-likeness (QED) is 0.797. The molecule has 16 heavy (non-hydrogen) atoms. The Morgan fingerprint density at radius 3 is 2.94 bits per heavy atom. The molecule has 0 aromatic carbocycles. The zero-order valence-corrected chi connectivity index (χ0v) is 10.2. The van der Waals surface area contributed by atoms with Crippen molar-refractivity contribution in [2.75, 3.05) is 17.6 Å². The van der Waals surface area contributed by atoms with E-state index in [0.29, 0.717) is 5.15 Å². The van der Waals surface area contributed by atoms with Crippen molar-refractivity contribution in [2.45, 2.75) is 26.2 Å². The monoisotopic (exact) mass is 240 g/mol. The number of hydrogen-bond acceptors (Lipinski definition) is 4. The number of rotatable bonds is 3. The summed E-state index contributed by atoms with van der Waals surface area (Å²) in [6, 6.07) is 1.71. The van der Waals surface area contributed by atoms with Gasteiger partial charge in [-0.25, -0.2) is 4.98 Å². The molecule has 2 rings (SSSR count). The SMILES string of the molecule is CC1CCCC1CNc1cc(Cl)nc(N)n1. The number of nitrogen functional groups attached to an aromatic ring is 1. The van der Waals surface area contributed by atoms with E-state index >= 15 is 0 Å². The molecule has 0 radical (unpaired) electrons. The van der Waals surface area contributed by atoms with Crippen LogP contribution in [0.15, 0.2) is 6.07 Å². The van der Waals surface area contributed by atoms with Gasteiger partial charge in [-0.05, 0) is 18.3 Å². The van der Waals surface area contributed by atoms with Gasteiger partial charge >= 0.3 is 0 Å². The summed E-state index contributed by atoms with van der Waals surface area (Å²) in [5.41, 5.74) is 5.52. The second kappa shape index (κ2) is 4.87. The van der Waals surface area contributed by atoms with E-state index in [1.807, 2.05) is 0 Å². The van der Waals surface area contributed by atoms with E-state index in [2.05, 4.69) is 22.2 Å². The van der Waals surface area contributed by atoms with Gasteiger partial charge < -0.3 is 11.1 Å². The molecule has 2 atom stereocenters. The normalized spacial score (nSPS) is 24.6. The van der Waals surface area contributed by atoms with Crippen LogP contribution in [0.25, 0.3) is 0 Å². The smallest absolute Gasteiger partial charge is 0.223 e. The molecule has 2 unspecified atom stereocenters. The van der Waals surface area contributed by atoms with E-state index in [1.165, 1.54) is 19.3 Å². The van der Waals surface area contributed by atoms with Crippen molar-refractivity contribution in [3.63, 3.8) is 0 Å². The predicted octanol–water partition coefficient (Wildman–Crippen LogP) is 2.56. The summed E-state index contributed by atoms with van der Waals surface area (Å²) in [7, 11) is 0. The first kappa shape index (κ1) is 11.5. The lowest BCUT2D eigenvalue weighted by molar-refractivity contribution is 0.439. The summed E-state index contributed by atoms with van der Waals surface area (Å²) in [5.74, 6) is 2.46. The first-order chi connectivity index (χ1) is 7.65. The molecular weight excluding hydrogens is 224 g/mol. The summed E-state index contributed by atoms with van der Waals surface area (Å²) >= 11 is 5.80. The summed E-state index contributed by atoms with van der Waals surface area (Å²) in [4.78, 5) is 7.91. The van der Waals surface area contributed by atoms with Crippen molar-refractivity contribution in [3.8, 4) is 0 Å². The Morgan fingerprint density at radius 2 is 2.31 bits per heavy atom. The molecule has 88 valence electrons. The van der Waals surface area contributed by atoms with E-state index in [-0.39, 0.29) is 5.95 Å². The summed E-state index contributed by atoms with van der Waals surface area (Å²) in [6.07, 6.45) is 3.96. The third kappa shape index (κ3) is 2.76. The molecular formula is C11H17ClN4. The van der Waals surface area contributed by atoms with E-state index < -0.39 is 0 Å². The second-order valence-electron chi connectivity index (χ2n) is 4.48. The number of aromatic nitrogens is 2. The van der Waals surface area contributed by atoms with Crippen LogP contribution < -0.4 is 11.1 Å². The molecule has 3 N–H and O–H groups in total. The minimum atomic E-state index is 0.217. The van der Waals surface area contributed by atoms with Gasteiger partial charge in [0.05, 0.1) is 0 Å². The average Bonchev–Trinajstić information content (AvgIpc) is 2.59. The van der Waals surface area contributed by atoms with Crippen molar-refractivity contribution < 1.29 is 0 Å². The van der Waals surface area contributed by atoms with Crippen LogP contribution in [0.5, 0.6) is 0 Å². The molecule has 0 saturated heterocycles. The molecule has 1 aromatic rings. The molecule has 1 aliphatic carbocycles. The van der Waals surface area contributed by atoms with Crippen molar-refractivity contribution in [2.24, 2.45) is 11.8 Å². The Balaban J connectivity index is 1.94. The number of nitrogens with zero attached hydrogens (tertiary/aromatic N) is 2. The fraction of sp³-hybridized carbons (Fsp3) is 0.636. The van der Waals surface area contributed by atoms with Crippen LogP contribution in [-0.2, 0) is 0 Å². The lowest BCUT2D eigenvalue weighted by atomic mass is 9.98. The fourth-order valence-corrected chi connectivity index (χ4v) is 2.48. The number of nitrogens with one attached hydrogen (secondary N) is 1. The van der Waals surface area contributed by atoms with Gasteiger partial charge in [0.1, 0.15) is 11.0 Å². The molecule has 1 aliphatic rings. The number of halogens is 1. The first-order valence-corrected chi connectivity index (χ1v) is 6.07. The molecule has 1 fully saturated rings. The number of anilines is 2. The lowest BCUT2D eigenvalue weighted by Gasteiger charge is -2.16. The van der Waals surface area contributed by atoms with Crippen LogP contribution in [0.3, 0.4) is 0 Å². The van der Waals surface area contributed by atoms with Gasteiger partial charge in [0.25, 0.3) is 0 Å². The zero-order chi connectivity index (χ0) is 11.5. The van der Waals surface area contributed by atoms with Crippen molar-refractivity contribution >= 4 is 23.4 Å². The van der Waals surface area contributed by atoms with Crippen LogP contribution in [0, 0.1) is 11.8 Å². The molecule has 0 aliphatic heterocycles. The Kier molecular flexibility index (Phi) is 3.49. The average molecular weight is 241 g/mol. The Bertz CT molecular complexity index is 349. The van der Waals surface area contributed by atoms with E-state index in [9.17, 15) is 0 Å². The highest BCUT2D eigenvalue weighted by Crippen LogP contribution is 2.31. The Labute approximate surface area is 101 Å². The number of nitrogens with two attached hydrogens (primary N) is 1. The third-order valence-electron chi connectivity index (χ3n) is 3.30. The second-order valence-corrected chi connectivity index (χ2v) is 4.87. The molecule has 1 aromatic heterocycles. The fourth-order valence-electron chi connectivity index (χ4n) is 2.29. The van der Waals surface area contributed by atoms with E-state index in [4.69, 9.17) is 17.3 Å². The lowest BCUT2D eigenvalue weighted by Crippen LogP contribution is -2.17. The Hall–Kier alpha value is -1.03. The van der Waals surface area contributed by atoms with Crippen LogP contribution in [0.1, 0.15) is 26.2 Å². The molecule has 0 amide bonds. The van der Waals surface area contributed by atoms with Gasteiger partial charge in [-0.3, -0.25) is 0 Å². The zero-order valence-electron chi connectivity index (χ0n) is 9.41. The molecule has 0 bridgehead atoms. The maximum atomic E-state index is 5.80. The largest absolute Gasteiger partial charge is 0.370 e. The van der Waals surface area contributed by atoms with Crippen LogP contribution in [0.2, 0.25) is 5.15 Å². The highest BCUT2D eigenvalue weighted by atomic mass is 35.5. The van der Waals surface area contributed by atoms with E-state index in [1.54, 1.807) is 6.07 Å². The van der Waals surface area contributed by atoms with Gasteiger partial charge in [-0.1, -0.05) is 31.4 Å². The highest BCUT2D eigenvalue weighted by molar-refractivity contribution is 6.29.